The van der Waals surface area contributed by atoms with Gasteiger partial charge >= 0.3 is 0 Å². The molecule has 0 unspecified atom stereocenters. The predicted octanol–water partition coefficient (Wildman–Crippen LogP) is 1.25. The normalized spacial score (nSPS) is 20.0. The van der Waals surface area contributed by atoms with Gasteiger partial charge in [0.15, 0.2) is 21.3 Å². The molecule has 1 N–H and O–H groups in total. The Hall–Kier alpha value is -2.09. The van der Waals surface area contributed by atoms with E-state index in [-0.39, 0.29) is 17.5 Å². The topological polar surface area (TPSA) is 90.4 Å². The fourth-order valence-corrected chi connectivity index (χ4v) is 4.27. The number of hydrogen-bond acceptors (Lipinski definition) is 7. The zero-order chi connectivity index (χ0) is 15.7. The van der Waals surface area contributed by atoms with Crippen LogP contribution in [0, 0.1) is 0 Å². The van der Waals surface area contributed by atoms with Crippen molar-refractivity contribution in [3.8, 4) is 11.5 Å². The molecule has 0 radical (unpaired) electrons. The Balaban J connectivity index is 1.99. The van der Waals surface area contributed by atoms with Crippen molar-refractivity contribution in [1.82, 2.24) is 9.97 Å². The highest BCUT2D eigenvalue weighted by Gasteiger charge is 2.28. The molecule has 8 heteroatoms. The first-order valence-corrected chi connectivity index (χ1v) is 8.68. The van der Waals surface area contributed by atoms with Gasteiger partial charge in [0.2, 0.25) is 0 Å². The van der Waals surface area contributed by atoms with E-state index in [2.05, 4.69) is 15.3 Å². The van der Waals surface area contributed by atoms with Crippen molar-refractivity contribution in [2.24, 2.45) is 0 Å². The van der Waals surface area contributed by atoms with Gasteiger partial charge in [0.05, 0.1) is 31.2 Å². The van der Waals surface area contributed by atoms with Crippen LogP contribution in [-0.4, -0.2) is 50.2 Å². The number of fused-ring (bicyclic) bond motifs is 1. The molecule has 118 valence electrons. The summed E-state index contributed by atoms with van der Waals surface area (Å²) in [6, 6.07) is 3.43. The van der Waals surface area contributed by atoms with Crippen LogP contribution in [0.3, 0.4) is 0 Å². The summed E-state index contributed by atoms with van der Waals surface area (Å²) in [5.41, 5.74) is 0.705. The molecule has 0 saturated carbocycles. The van der Waals surface area contributed by atoms with Gasteiger partial charge in [-0.25, -0.2) is 18.4 Å². The Kier molecular flexibility index (Phi) is 3.78. The standard InChI is InChI=1S/C14H17N3O4S/c1-20-12-5-10-11(6-13(12)21-2)15-8-16-14(10)17-9-3-4-22(18,19)7-9/h5-6,8-9H,3-4,7H2,1-2H3,(H,15,16,17)/t9-/m0/s1. The quantitative estimate of drug-likeness (QED) is 0.905. The van der Waals surface area contributed by atoms with Gasteiger partial charge in [-0.3, -0.25) is 0 Å². The molecule has 1 aliphatic rings. The largest absolute Gasteiger partial charge is 0.493 e. The average molecular weight is 323 g/mol. The summed E-state index contributed by atoms with van der Waals surface area (Å²) in [6.45, 7) is 0. The van der Waals surface area contributed by atoms with E-state index < -0.39 is 9.84 Å². The molecule has 1 saturated heterocycles. The van der Waals surface area contributed by atoms with Crippen molar-refractivity contribution in [2.45, 2.75) is 12.5 Å². The first-order chi connectivity index (χ1) is 10.5. The average Bonchev–Trinajstić information content (AvgIpc) is 2.85. The maximum Gasteiger partial charge on any atom is 0.162 e. The van der Waals surface area contributed by atoms with Crippen LogP contribution in [0.4, 0.5) is 5.82 Å². The van der Waals surface area contributed by atoms with Crippen molar-refractivity contribution in [3.63, 3.8) is 0 Å². The molecule has 1 fully saturated rings. The first-order valence-electron chi connectivity index (χ1n) is 6.86. The smallest absolute Gasteiger partial charge is 0.162 e. The Morgan fingerprint density at radius 3 is 2.55 bits per heavy atom. The van der Waals surface area contributed by atoms with Crippen LogP contribution in [0.1, 0.15) is 6.42 Å². The summed E-state index contributed by atoms with van der Waals surface area (Å²) < 4.78 is 33.7. The first kappa shape index (κ1) is 14.8. The van der Waals surface area contributed by atoms with Crippen LogP contribution < -0.4 is 14.8 Å². The minimum absolute atomic E-state index is 0.129. The molecule has 7 nitrogen and oxygen atoms in total. The van der Waals surface area contributed by atoms with Crippen LogP contribution in [0.5, 0.6) is 11.5 Å². The fraction of sp³-hybridized carbons (Fsp3) is 0.429. The van der Waals surface area contributed by atoms with E-state index in [1.54, 1.807) is 26.4 Å². The highest BCUT2D eigenvalue weighted by atomic mass is 32.2. The lowest BCUT2D eigenvalue weighted by molar-refractivity contribution is 0.356. The highest BCUT2D eigenvalue weighted by molar-refractivity contribution is 7.91. The number of nitrogens with one attached hydrogen (secondary N) is 1. The van der Waals surface area contributed by atoms with Crippen LogP contribution >= 0.6 is 0 Å². The molecule has 1 aromatic heterocycles. The maximum atomic E-state index is 11.6. The van der Waals surface area contributed by atoms with Gasteiger partial charge in [0, 0.05) is 17.5 Å². The number of benzene rings is 1. The molecule has 1 atom stereocenters. The number of methoxy groups -OCH3 is 2. The molecule has 3 rings (SSSR count). The molecule has 0 amide bonds. The third-order valence-corrected chi connectivity index (χ3v) is 5.48. The molecule has 0 aliphatic carbocycles. The highest BCUT2D eigenvalue weighted by Crippen LogP contribution is 2.34. The predicted molar refractivity (Wildman–Crippen MR) is 83.3 cm³/mol. The Labute approximate surface area is 128 Å². The SMILES string of the molecule is COc1cc2ncnc(N[C@H]3CCS(=O)(=O)C3)c2cc1OC. The molecule has 1 aliphatic heterocycles. The molecule has 2 aromatic rings. The van der Waals surface area contributed by atoms with Gasteiger partial charge in [-0.2, -0.15) is 0 Å². The molecule has 1 aromatic carbocycles. The van der Waals surface area contributed by atoms with E-state index in [9.17, 15) is 8.42 Å². The van der Waals surface area contributed by atoms with Crippen molar-refractivity contribution in [2.75, 3.05) is 31.0 Å². The van der Waals surface area contributed by atoms with Crippen LogP contribution in [0.15, 0.2) is 18.5 Å². The van der Waals surface area contributed by atoms with Crippen LogP contribution in [0.2, 0.25) is 0 Å². The third kappa shape index (κ3) is 2.78. The lowest BCUT2D eigenvalue weighted by Crippen LogP contribution is -2.21. The van der Waals surface area contributed by atoms with E-state index in [1.165, 1.54) is 6.33 Å². The zero-order valence-electron chi connectivity index (χ0n) is 12.4. The fourth-order valence-electron chi connectivity index (χ4n) is 2.60. The van der Waals surface area contributed by atoms with Gasteiger partial charge in [0.25, 0.3) is 0 Å². The Bertz CT molecular complexity index is 807. The molecule has 2 heterocycles. The monoisotopic (exact) mass is 323 g/mol. The molecular formula is C14H17N3O4S. The van der Waals surface area contributed by atoms with E-state index in [4.69, 9.17) is 9.47 Å². The molecule has 0 bridgehead atoms. The molecular weight excluding hydrogens is 306 g/mol. The van der Waals surface area contributed by atoms with E-state index >= 15 is 0 Å². The Morgan fingerprint density at radius 2 is 1.91 bits per heavy atom. The van der Waals surface area contributed by atoms with E-state index in [1.807, 2.05) is 0 Å². The second kappa shape index (κ2) is 5.60. The maximum absolute atomic E-state index is 11.6. The summed E-state index contributed by atoms with van der Waals surface area (Å²) in [7, 11) is 0.180. The minimum Gasteiger partial charge on any atom is -0.493 e. The number of ether oxygens (including phenoxy) is 2. The zero-order valence-corrected chi connectivity index (χ0v) is 13.2. The summed E-state index contributed by atoms with van der Waals surface area (Å²) in [6.07, 6.45) is 2.03. The minimum atomic E-state index is -2.94. The van der Waals surface area contributed by atoms with Gasteiger partial charge in [0.1, 0.15) is 12.1 Å². The number of anilines is 1. The summed E-state index contributed by atoms with van der Waals surface area (Å²) in [4.78, 5) is 8.46. The molecule has 22 heavy (non-hydrogen) atoms. The van der Waals surface area contributed by atoms with Crippen molar-refractivity contribution in [3.05, 3.63) is 18.5 Å². The van der Waals surface area contributed by atoms with Gasteiger partial charge in [-0.05, 0) is 12.5 Å². The number of nitrogens with zero attached hydrogens (tertiary/aromatic N) is 2. The van der Waals surface area contributed by atoms with Gasteiger partial charge in [-0.1, -0.05) is 0 Å². The van der Waals surface area contributed by atoms with Gasteiger partial charge < -0.3 is 14.8 Å². The summed E-state index contributed by atoms with van der Waals surface area (Å²) in [5, 5.41) is 3.97. The second-order valence-electron chi connectivity index (χ2n) is 5.19. The Morgan fingerprint density at radius 1 is 1.18 bits per heavy atom. The second-order valence-corrected chi connectivity index (χ2v) is 7.42. The molecule has 0 spiro atoms. The third-order valence-electron chi connectivity index (χ3n) is 3.71. The van der Waals surface area contributed by atoms with Gasteiger partial charge in [-0.15, -0.1) is 0 Å². The number of rotatable bonds is 4. The van der Waals surface area contributed by atoms with Crippen molar-refractivity contribution < 1.29 is 17.9 Å². The lowest BCUT2D eigenvalue weighted by Gasteiger charge is -2.15. The van der Waals surface area contributed by atoms with Crippen molar-refractivity contribution >= 4 is 26.6 Å². The summed E-state index contributed by atoms with van der Waals surface area (Å²) >= 11 is 0. The summed E-state index contributed by atoms with van der Waals surface area (Å²) in [5.74, 6) is 2.11. The number of aromatic nitrogens is 2. The van der Waals surface area contributed by atoms with Crippen molar-refractivity contribution in [1.29, 1.82) is 0 Å². The van der Waals surface area contributed by atoms with Crippen LogP contribution in [0.25, 0.3) is 10.9 Å². The number of sulfone groups is 1. The number of hydrogen-bond donors (Lipinski definition) is 1. The van der Waals surface area contributed by atoms with Crippen LogP contribution in [-0.2, 0) is 9.84 Å². The lowest BCUT2D eigenvalue weighted by atomic mass is 10.2. The van der Waals surface area contributed by atoms with E-state index in [0.29, 0.717) is 29.3 Å². The van der Waals surface area contributed by atoms with E-state index in [0.717, 1.165) is 5.39 Å².